The fourth-order valence-electron chi connectivity index (χ4n) is 4.52. The van der Waals surface area contributed by atoms with Crippen molar-refractivity contribution in [2.75, 3.05) is 32.7 Å². The summed E-state index contributed by atoms with van der Waals surface area (Å²) in [5, 5.41) is 0.0589. The molecule has 5 rings (SSSR count). The van der Waals surface area contributed by atoms with Crippen LogP contribution in [-0.4, -0.2) is 60.0 Å². The van der Waals surface area contributed by atoms with E-state index in [2.05, 4.69) is 29.2 Å². The third kappa shape index (κ3) is 4.09. The average Bonchev–Trinajstić information content (AvgIpc) is 2.88. The molecule has 1 saturated heterocycles. The van der Waals surface area contributed by atoms with Crippen LogP contribution in [0.3, 0.4) is 0 Å². The van der Waals surface area contributed by atoms with E-state index in [-0.39, 0.29) is 39.2 Å². The molecule has 5 nitrogen and oxygen atoms in total. The van der Waals surface area contributed by atoms with Crippen molar-refractivity contribution in [1.82, 2.24) is 9.80 Å². The van der Waals surface area contributed by atoms with Crippen LogP contribution < -0.4 is 0 Å². The van der Waals surface area contributed by atoms with Gasteiger partial charge >= 0.3 is 0 Å². The molecule has 3 aromatic rings. The summed E-state index contributed by atoms with van der Waals surface area (Å²) >= 11 is 6.58. The number of fused-ring (bicyclic) bond motifs is 2. The van der Waals surface area contributed by atoms with Crippen molar-refractivity contribution in [3.05, 3.63) is 111 Å². The summed E-state index contributed by atoms with van der Waals surface area (Å²) in [6.45, 7) is 3.45. The predicted octanol–water partition coefficient (Wildman–Crippen LogP) is 4.59. The number of nitrogens with zero attached hydrogens (tertiary/aromatic N) is 2. The zero-order valence-corrected chi connectivity index (χ0v) is 19.3. The fraction of sp³-hybridized carbons (Fsp3) is 0.179. The fourth-order valence-corrected chi connectivity index (χ4v) is 4.85. The van der Waals surface area contributed by atoms with Gasteiger partial charge in [-0.3, -0.25) is 19.3 Å². The second-order valence-corrected chi connectivity index (χ2v) is 8.84. The molecule has 0 atom stereocenters. The number of carbonyl (C=O) groups is 3. The molecule has 0 saturated carbocycles. The summed E-state index contributed by atoms with van der Waals surface area (Å²) in [7, 11) is 0. The molecule has 170 valence electrons. The van der Waals surface area contributed by atoms with E-state index in [0.717, 1.165) is 25.2 Å². The van der Waals surface area contributed by atoms with Gasteiger partial charge in [-0.15, -0.1) is 0 Å². The molecule has 3 aromatic carbocycles. The number of piperazine rings is 1. The van der Waals surface area contributed by atoms with Gasteiger partial charge in [0.05, 0.1) is 16.1 Å². The molecule has 1 amide bonds. The Labute approximate surface area is 203 Å². The Kier molecular flexibility index (Phi) is 6.14. The molecule has 2 aliphatic rings. The maximum absolute atomic E-state index is 13.3. The zero-order chi connectivity index (χ0) is 23.7. The van der Waals surface area contributed by atoms with Gasteiger partial charge in [-0.2, -0.15) is 0 Å². The van der Waals surface area contributed by atoms with E-state index < -0.39 is 0 Å². The first kappa shape index (κ1) is 22.3. The van der Waals surface area contributed by atoms with Gasteiger partial charge in [-0.1, -0.05) is 78.4 Å². The Bertz CT molecular complexity index is 1310. The smallest absolute Gasteiger partial charge is 0.255 e. The highest BCUT2D eigenvalue weighted by atomic mass is 35.5. The van der Waals surface area contributed by atoms with Crippen LogP contribution in [0.1, 0.15) is 47.8 Å². The highest BCUT2D eigenvalue weighted by molar-refractivity contribution is 6.41. The van der Waals surface area contributed by atoms with E-state index in [0.29, 0.717) is 24.2 Å². The van der Waals surface area contributed by atoms with Crippen LogP contribution in [0.4, 0.5) is 0 Å². The quantitative estimate of drug-likeness (QED) is 0.438. The summed E-state index contributed by atoms with van der Waals surface area (Å²) in [6.07, 6.45) is 4.23. The van der Waals surface area contributed by atoms with Gasteiger partial charge in [0.1, 0.15) is 0 Å². The maximum atomic E-state index is 13.3. The molecule has 1 fully saturated rings. The molecule has 0 spiro atoms. The van der Waals surface area contributed by atoms with Crippen molar-refractivity contribution in [3.8, 4) is 0 Å². The van der Waals surface area contributed by atoms with Crippen LogP contribution in [0.2, 0.25) is 5.02 Å². The van der Waals surface area contributed by atoms with Crippen LogP contribution in [0.25, 0.3) is 6.08 Å². The van der Waals surface area contributed by atoms with Crippen LogP contribution in [0.15, 0.2) is 72.8 Å². The zero-order valence-electron chi connectivity index (χ0n) is 18.5. The third-order valence-corrected chi connectivity index (χ3v) is 6.79. The van der Waals surface area contributed by atoms with Crippen molar-refractivity contribution in [2.24, 2.45) is 0 Å². The number of amides is 1. The van der Waals surface area contributed by atoms with E-state index in [9.17, 15) is 14.4 Å². The van der Waals surface area contributed by atoms with Gasteiger partial charge in [0, 0.05) is 49.4 Å². The van der Waals surface area contributed by atoms with E-state index in [1.54, 1.807) is 41.3 Å². The van der Waals surface area contributed by atoms with Crippen molar-refractivity contribution >= 4 is 35.2 Å². The molecule has 1 aliphatic heterocycles. The van der Waals surface area contributed by atoms with Crippen molar-refractivity contribution < 1.29 is 14.4 Å². The standard InChI is InChI=1S/C28H23ClN2O3/c29-25-23(13-12-22-24(25)27(33)21-11-5-4-10-20(21)26(22)32)28(34)31-17-15-30(16-18-31)14-6-9-19-7-2-1-3-8-19/h1-13H,14-18H2. The molecule has 6 heteroatoms. The molecule has 0 bridgehead atoms. The van der Waals surface area contributed by atoms with E-state index in [1.807, 2.05) is 18.2 Å². The monoisotopic (exact) mass is 470 g/mol. The number of hydrogen-bond donors (Lipinski definition) is 0. The minimum atomic E-state index is -0.320. The number of ketones is 2. The first-order chi connectivity index (χ1) is 16.5. The van der Waals surface area contributed by atoms with Crippen LogP contribution in [0, 0.1) is 0 Å². The van der Waals surface area contributed by atoms with Gasteiger partial charge < -0.3 is 4.90 Å². The minimum absolute atomic E-state index is 0.0589. The highest BCUT2D eigenvalue weighted by Crippen LogP contribution is 2.34. The van der Waals surface area contributed by atoms with Crippen LogP contribution in [0.5, 0.6) is 0 Å². The molecular formula is C28H23ClN2O3. The molecule has 0 unspecified atom stereocenters. The number of carbonyl (C=O) groups excluding carboxylic acids is 3. The van der Waals surface area contributed by atoms with E-state index in [4.69, 9.17) is 11.6 Å². The number of benzene rings is 3. The van der Waals surface area contributed by atoms with E-state index in [1.165, 1.54) is 0 Å². The van der Waals surface area contributed by atoms with Crippen LogP contribution in [-0.2, 0) is 0 Å². The Hall–Kier alpha value is -3.54. The highest BCUT2D eigenvalue weighted by Gasteiger charge is 2.34. The van der Waals surface area contributed by atoms with Crippen molar-refractivity contribution in [2.45, 2.75) is 0 Å². The lowest BCUT2D eigenvalue weighted by atomic mass is 9.83. The Balaban J connectivity index is 1.28. The van der Waals surface area contributed by atoms with Gasteiger partial charge in [-0.25, -0.2) is 0 Å². The number of hydrogen-bond acceptors (Lipinski definition) is 4. The predicted molar refractivity (Wildman–Crippen MR) is 133 cm³/mol. The second kappa shape index (κ2) is 9.37. The summed E-state index contributed by atoms with van der Waals surface area (Å²) in [4.78, 5) is 43.3. The first-order valence-corrected chi connectivity index (χ1v) is 11.7. The van der Waals surface area contributed by atoms with Gasteiger partial charge in [0.25, 0.3) is 5.91 Å². The van der Waals surface area contributed by atoms with Gasteiger partial charge in [0.15, 0.2) is 11.6 Å². The molecular weight excluding hydrogens is 448 g/mol. The second-order valence-electron chi connectivity index (χ2n) is 8.46. The molecule has 34 heavy (non-hydrogen) atoms. The van der Waals surface area contributed by atoms with Gasteiger partial charge in [0.2, 0.25) is 0 Å². The molecule has 0 radical (unpaired) electrons. The summed E-state index contributed by atoms with van der Waals surface area (Å²) in [5.41, 5.74) is 2.49. The van der Waals surface area contributed by atoms with Crippen molar-refractivity contribution in [3.63, 3.8) is 0 Å². The van der Waals surface area contributed by atoms with Crippen molar-refractivity contribution in [1.29, 1.82) is 0 Å². The topological polar surface area (TPSA) is 57.7 Å². The minimum Gasteiger partial charge on any atom is -0.336 e. The first-order valence-electron chi connectivity index (χ1n) is 11.3. The normalized spacial score (nSPS) is 16.0. The molecule has 1 heterocycles. The molecule has 0 aromatic heterocycles. The average molecular weight is 471 g/mol. The number of rotatable bonds is 4. The van der Waals surface area contributed by atoms with Crippen LogP contribution >= 0.6 is 11.6 Å². The lowest BCUT2D eigenvalue weighted by Gasteiger charge is -2.34. The Morgan fingerprint density at radius 3 is 2.15 bits per heavy atom. The Morgan fingerprint density at radius 2 is 1.44 bits per heavy atom. The maximum Gasteiger partial charge on any atom is 0.255 e. The Morgan fingerprint density at radius 1 is 0.794 bits per heavy atom. The number of halogens is 1. The molecule has 1 aliphatic carbocycles. The summed E-state index contributed by atoms with van der Waals surface area (Å²) < 4.78 is 0. The summed E-state index contributed by atoms with van der Waals surface area (Å²) in [6, 6.07) is 20.0. The SMILES string of the molecule is O=C1c2ccccc2C(=O)c2c1ccc(C(=O)N1CCN(CC=Cc3ccccc3)CC1)c2Cl. The lowest BCUT2D eigenvalue weighted by Crippen LogP contribution is -2.48. The van der Waals surface area contributed by atoms with E-state index >= 15 is 0 Å². The lowest BCUT2D eigenvalue weighted by molar-refractivity contribution is 0.0650. The molecule has 0 N–H and O–H groups in total. The largest absolute Gasteiger partial charge is 0.336 e. The third-order valence-electron chi connectivity index (χ3n) is 6.39. The summed E-state index contributed by atoms with van der Waals surface area (Å²) in [5.74, 6) is -0.783. The van der Waals surface area contributed by atoms with Gasteiger partial charge in [-0.05, 0) is 17.7 Å².